The number of benzene rings is 2. The summed E-state index contributed by atoms with van der Waals surface area (Å²) < 4.78 is 31.1. The molecule has 2 unspecified atom stereocenters. The van der Waals surface area contributed by atoms with Crippen LogP contribution in [0.5, 0.6) is 5.75 Å². The van der Waals surface area contributed by atoms with Crippen LogP contribution in [0, 0.1) is 11.8 Å². The van der Waals surface area contributed by atoms with Crippen LogP contribution in [-0.2, 0) is 21.9 Å². The van der Waals surface area contributed by atoms with E-state index in [2.05, 4.69) is 34.7 Å². The molecule has 0 spiro atoms. The van der Waals surface area contributed by atoms with Gasteiger partial charge in [-0.1, -0.05) is 37.3 Å². The number of anilines is 1. The van der Waals surface area contributed by atoms with E-state index >= 15 is 0 Å². The van der Waals surface area contributed by atoms with Crippen molar-refractivity contribution in [1.82, 2.24) is 4.90 Å². The van der Waals surface area contributed by atoms with E-state index in [-0.39, 0.29) is 5.41 Å². The normalized spacial score (nSPS) is 26.2. The lowest BCUT2D eigenvalue weighted by Crippen LogP contribution is -2.30. The average Bonchev–Trinajstić information content (AvgIpc) is 3.01. The van der Waals surface area contributed by atoms with E-state index in [9.17, 15) is 8.42 Å². The van der Waals surface area contributed by atoms with Crippen LogP contribution in [0.3, 0.4) is 0 Å². The molecule has 1 heterocycles. The number of hydrogen-bond acceptors (Lipinski definition) is 4. The number of nitrogens with zero attached hydrogens (tertiary/aromatic N) is 1. The average molecular weight is 415 g/mol. The van der Waals surface area contributed by atoms with Crippen molar-refractivity contribution < 1.29 is 13.2 Å². The molecule has 0 radical (unpaired) electrons. The first-order chi connectivity index (χ1) is 13.8. The summed E-state index contributed by atoms with van der Waals surface area (Å²) in [6.45, 7) is 5.68. The van der Waals surface area contributed by atoms with E-state index in [0.29, 0.717) is 17.5 Å². The first-order valence-corrected chi connectivity index (χ1v) is 12.1. The van der Waals surface area contributed by atoms with Gasteiger partial charge in [0.1, 0.15) is 5.75 Å². The molecule has 2 aromatic rings. The van der Waals surface area contributed by atoms with E-state index in [0.717, 1.165) is 38.2 Å². The molecular formula is C23H30N2O3S. The number of nitrogens with one attached hydrogen (secondary N) is 1. The van der Waals surface area contributed by atoms with Crippen LogP contribution in [0.2, 0.25) is 0 Å². The van der Waals surface area contributed by atoms with Crippen LogP contribution in [0.25, 0.3) is 0 Å². The molecule has 1 N–H and O–H groups in total. The number of likely N-dealkylation sites (tertiary alicyclic amines) is 1. The number of rotatable bonds is 8. The Kier molecular flexibility index (Phi) is 5.34. The monoisotopic (exact) mass is 414 g/mol. The number of para-hydroxylation sites is 1. The van der Waals surface area contributed by atoms with Crippen molar-refractivity contribution in [3.8, 4) is 5.75 Å². The van der Waals surface area contributed by atoms with Gasteiger partial charge in [-0.3, -0.25) is 4.72 Å². The highest BCUT2D eigenvalue weighted by Gasteiger charge is 2.65. The van der Waals surface area contributed by atoms with Gasteiger partial charge in [0.15, 0.2) is 0 Å². The van der Waals surface area contributed by atoms with Crippen molar-refractivity contribution in [2.45, 2.75) is 25.2 Å². The predicted octanol–water partition coefficient (Wildman–Crippen LogP) is 3.52. The molecule has 1 aliphatic carbocycles. The Hall–Kier alpha value is -2.05. The molecule has 156 valence electrons. The number of methoxy groups -OCH3 is 1. The third-order valence-corrected chi connectivity index (χ3v) is 7.33. The van der Waals surface area contributed by atoms with Gasteiger partial charge in [0.2, 0.25) is 10.0 Å². The summed E-state index contributed by atoms with van der Waals surface area (Å²) in [6.07, 6.45) is 3.35. The van der Waals surface area contributed by atoms with Crippen LogP contribution < -0.4 is 9.46 Å². The van der Waals surface area contributed by atoms with Crippen molar-refractivity contribution in [1.29, 1.82) is 0 Å². The van der Waals surface area contributed by atoms with E-state index in [1.807, 2.05) is 30.3 Å². The van der Waals surface area contributed by atoms with Crippen molar-refractivity contribution in [3.05, 3.63) is 59.7 Å². The van der Waals surface area contributed by atoms with Crippen molar-refractivity contribution in [3.63, 3.8) is 0 Å². The summed E-state index contributed by atoms with van der Waals surface area (Å²) >= 11 is 0. The zero-order chi connectivity index (χ0) is 20.6. The summed E-state index contributed by atoms with van der Waals surface area (Å²) in [5, 5.41) is 0. The molecule has 0 bridgehead atoms. The minimum Gasteiger partial charge on any atom is -0.496 e. The third-order valence-electron chi connectivity index (χ3n) is 6.73. The van der Waals surface area contributed by atoms with E-state index in [1.54, 1.807) is 7.11 Å². The highest BCUT2D eigenvalue weighted by atomic mass is 32.2. The second kappa shape index (κ2) is 7.65. The Morgan fingerprint density at radius 2 is 1.86 bits per heavy atom. The number of piperidine rings is 1. The highest BCUT2D eigenvalue weighted by Crippen LogP contribution is 2.63. The summed E-state index contributed by atoms with van der Waals surface area (Å²) in [4.78, 5) is 2.57. The Balaban J connectivity index is 1.32. The Labute approximate surface area is 174 Å². The number of hydrogen-bond donors (Lipinski definition) is 1. The zero-order valence-electron chi connectivity index (χ0n) is 17.4. The minimum absolute atomic E-state index is 0.161. The number of aryl methyl sites for hydroxylation is 1. The van der Waals surface area contributed by atoms with Gasteiger partial charge in [0.25, 0.3) is 0 Å². The second-order valence-corrected chi connectivity index (χ2v) is 10.4. The molecule has 2 aliphatic rings. The molecule has 0 aromatic heterocycles. The molecule has 6 heteroatoms. The zero-order valence-corrected chi connectivity index (χ0v) is 18.2. The van der Waals surface area contributed by atoms with Crippen molar-refractivity contribution in [2.24, 2.45) is 11.8 Å². The van der Waals surface area contributed by atoms with Crippen molar-refractivity contribution in [2.75, 3.05) is 37.7 Å². The fraction of sp³-hybridized carbons (Fsp3) is 0.478. The SMILES string of the molecule is COc1ccccc1CCCN1CC2C(C1)C2(C)c1cccc(NS(C)(=O)=O)c1. The summed E-state index contributed by atoms with van der Waals surface area (Å²) in [5.41, 5.74) is 3.34. The Morgan fingerprint density at radius 3 is 2.55 bits per heavy atom. The summed E-state index contributed by atoms with van der Waals surface area (Å²) in [7, 11) is -1.52. The maximum Gasteiger partial charge on any atom is 0.229 e. The molecule has 2 aromatic carbocycles. The predicted molar refractivity (Wildman–Crippen MR) is 117 cm³/mol. The van der Waals surface area contributed by atoms with Crippen molar-refractivity contribution >= 4 is 15.7 Å². The smallest absolute Gasteiger partial charge is 0.229 e. The Morgan fingerprint density at radius 1 is 1.14 bits per heavy atom. The van der Waals surface area contributed by atoms with Gasteiger partial charge in [-0.15, -0.1) is 0 Å². The van der Waals surface area contributed by atoms with Crippen LogP contribution in [0.1, 0.15) is 24.5 Å². The summed E-state index contributed by atoms with van der Waals surface area (Å²) in [6, 6.07) is 16.2. The van der Waals surface area contributed by atoms with E-state index in [4.69, 9.17) is 4.74 Å². The lowest BCUT2D eigenvalue weighted by atomic mass is 9.92. The molecule has 2 atom stereocenters. The molecule has 4 rings (SSSR count). The van der Waals surface area contributed by atoms with Gasteiger partial charge in [-0.25, -0.2) is 8.42 Å². The number of ether oxygens (including phenoxy) is 1. The van der Waals surface area contributed by atoms with Gasteiger partial charge >= 0.3 is 0 Å². The maximum atomic E-state index is 11.5. The van der Waals surface area contributed by atoms with Gasteiger partial charge in [-0.05, 0) is 60.5 Å². The molecule has 1 saturated carbocycles. The third kappa shape index (κ3) is 4.14. The largest absolute Gasteiger partial charge is 0.496 e. The lowest BCUT2D eigenvalue weighted by molar-refractivity contribution is 0.274. The Bertz CT molecular complexity index is 977. The minimum atomic E-state index is -3.25. The number of fused-ring (bicyclic) bond motifs is 1. The molecule has 29 heavy (non-hydrogen) atoms. The van der Waals surface area contributed by atoms with Gasteiger partial charge < -0.3 is 9.64 Å². The molecule has 5 nitrogen and oxygen atoms in total. The first-order valence-electron chi connectivity index (χ1n) is 10.2. The fourth-order valence-electron chi connectivity index (χ4n) is 5.11. The molecule has 1 aliphatic heterocycles. The molecule has 0 amide bonds. The number of sulfonamides is 1. The van der Waals surface area contributed by atoms with Crippen LogP contribution >= 0.6 is 0 Å². The molecule has 2 fully saturated rings. The summed E-state index contributed by atoms with van der Waals surface area (Å²) in [5.74, 6) is 2.29. The van der Waals surface area contributed by atoms with Crippen LogP contribution in [0.15, 0.2) is 48.5 Å². The molecule has 1 saturated heterocycles. The quantitative estimate of drug-likeness (QED) is 0.718. The maximum absolute atomic E-state index is 11.5. The van der Waals surface area contributed by atoms with Gasteiger partial charge in [-0.2, -0.15) is 0 Å². The first kappa shape index (κ1) is 20.2. The van der Waals surface area contributed by atoms with Gasteiger partial charge in [0.05, 0.1) is 13.4 Å². The topological polar surface area (TPSA) is 58.6 Å². The van der Waals surface area contributed by atoms with Gasteiger partial charge in [0, 0.05) is 24.2 Å². The molecular weight excluding hydrogens is 384 g/mol. The van der Waals surface area contributed by atoms with Crippen LogP contribution in [0.4, 0.5) is 5.69 Å². The highest BCUT2D eigenvalue weighted by molar-refractivity contribution is 7.92. The second-order valence-electron chi connectivity index (χ2n) is 8.63. The van der Waals surface area contributed by atoms with E-state index in [1.165, 1.54) is 17.4 Å². The standard InChI is InChI=1S/C23H30N2O3S/c1-23(18-10-6-11-19(14-18)24-29(3,26)27)20-15-25(16-21(20)23)13-7-9-17-8-4-5-12-22(17)28-2/h4-6,8,10-12,14,20-21,24H,7,9,13,15-16H2,1-3H3. The van der Waals surface area contributed by atoms with Crippen LogP contribution in [-0.4, -0.2) is 46.3 Å². The fourth-order valence-corrected chi connectivity index (χ4v) is 5.66. The van der Waals surface area contributed by atoms with E-state index < -0.39 is 10.0 Å². The lowest BCUT2D eigenvalue weighted by Gasteiger charge is -2.25.